The first-order valence-electron chi connectivity index (χ1n) is 18.2. The van der Waals surface area contributed by atoms with Crippen molar-refractivity contribution in [3.8, 4) is 0 Å². The van der Waals surface area contributed by atoms with E-state index in [0.29, 0.717) is 38.6 Å². The molecule has 4 N–H and O–H groups in total. The van der Waals surface area contributed by atoms with Gasteiger partial charge in [0.15, 0.2) is 9.84 Å². The van der Waals surface area contributed by atoms with Crippen molar-refractivity contribution in [1.29, 1.82) is 0 Å². The van der Waals surface area contributed by atoms with Crippen LogP contribution in [0.2, 0.25) is 0 Å². The number of carbonyl (C=O) groups is 5. The van der Waals surface area contributed by atoms with Gasteiger partial charge in [-0.05, 0) is 73.5 Å². The average molecular weight is 692 g/mol. The van der Waals surface area contributed by atoms with E-state index in [-0.39, 0.29) is 46.9 Å². The van der Waals surface area contributed by atoms with E-state index in [1.165, 1.54) is 0 Å². The van der Waals surface area contributed by atoms with E-state index in [1.807, 2.05) is 27.7 Å². The summed E-state index contributed by atoms with van der Waals surface area (Å²) >= 11 is 0. The maximum Gasteiger partial charge on any atom is 0.315 e. The maximum absolute atomic E-state index is 14.4. The Hall–Kier alpha value is -2.70. The first-order valence-corrected chi connectivity index (χ1v) is 19.9. The zero-order valence-corrected chi connectivity index (χ0v) is 30.4. The molecule has 0 spiro atoms. The maximum atomic E-state index is 14.4. The van der Waals surface area contributed by atoms with Crippen LogP contribution < -0.4 is 21.3 Å². The molecule has 0 radical (unpaired) electrons. The van der Waals surface area contributed by atoms with Crippen LogP contribution in [-0.2, 0) is 29.0 Å². The van der Waals surface area contributed by atoms with Crippen molar-refractivity contribution in [3.63, 3.8) is 0 Å². The molecule has 2 saturated heterocycles. The van der Waals surface area contributed by atoms with Gasteiger partial charge in [0, 0.05) is 18.6 Å². The van der Waals surface area contributed by atoms with Gasteiger partial charge in [-0.3, -0.25) is 19.2 Å². The van der Waals surface area contributed by atoms with Gasteiger partial charge in [0.1, 0.15) is 12.1 Å². The number of carbonyl (C=O) groups excluding carboxylic acids is 5. The molecule has 2 unspecified atom stereocenters. The number of rotatable bonds is 12. The molecule has 3 saturated carbocycles. The second kappa shape index (κ2) is 13.9. The number of nitrogens with one attached hydrogen (secondary N) is 4. The lowest BCUT2D eigenvalue weighted by atomic mass is 9.81. The second-order valence-corrected chi connectivity index (χ2v) is 19.1. The highest BCUT2D eigenvalue weighted by atomic mass is 32.2. The number of hydrogen-bond donors (Lipinski definition) is 4. The summed E-state index contributed by atoms with van der Waals surface area (Å²) in [6.45, 7) is 12.1. The average Bonchev–Trinajstić information content (AvgIpc) is 3.79. The predicted octanol–water partition coefficient (Wildman–Crippen LogP) is 2.84. The Morgan fingerprint density at radius 2 is 1.60 bits per heavy atom. The highest BCUT2D eigenvalue weighted by molar-refractivity contribution is 7.92. The molecule has 0 aromatic rings. The number of sulfone groups is 1. The summed E-state index contributed by atoms with van der Waals surface area (Å²) in [5, 5.41) is 11.1. The number of ketones is 1. The fourth-order valence-electron chi connectivity index (χ4n) is 8.63. The number of piperidine rings is 1. The van der Waals surface area contributed by atoms with Crippen molar-refractivity contribution >= 4 is 39.4 Å². The minimum atomic E-state index is -3.19. The van der Waals surface area contributed by atoms with Crippen molar-refractivity contribution in [3.05, 3.63) is 0 Å². The quantitative estimate of drug-likeness (QED) is 0.228. The van der Waals surface area contributed by atoms with E-state index < -0.39 is 62.3 Å². The van der Waals surface area contributed by atoms with Crippen LogP contribution in [0.5, 0.6) is 0 Å². The van der Waals surface area contributed by atoms with Crippen molar-refractivity contribution < 1.29 is 32.4 Å². The largest absolute Gasteiger partial charge is 0.347 e. The Kier molecular flexibility index (Phi) is 10.6. The number of amides is 5. The molecule has 5 rings (SSSR count). The normalized spacial score (nSPS) is 31.6. The highest BCUT2D eigenvalue weighted by Crippen LogP contribution is 2.65. The van der Waals surface area contributed by atoms with Gasteiger partial charge in [-0.25, -0.2) is 13.2 Å². The molecule has 5 aliphatic rings. The molecule has 12 nitrogen and oxygen atoms in total. The van der Waals surface area contributed by atoms with Crippen LogP contribution in [0.4, 0.5) is 4.79 Å². The fraction of sp³-hybridized carbons (Fsp3) is 0.857. The first kappa shape index (κ1) is 36.6. The molecule has 13 heteroatoms. The van der Waals surface area contributed by atoms with Crippen LogP contribution in [0.3, 0.4) is 0 Å². The zero-order valence-electron chi connectivity index (χ0n) is 29.6. The topological polar surface area (TPSA) is 171 Å². The monoisotopic (exact) mass is 691 g/mol. The lowest BCUT2D eigenvalue weighted by molar-refractivity contribution is -0.145. The molecule has 5 fully saturated rings. The number of nitrogens with zero attached hydrogens (tertiary/aromatic N) is 1. The molecule has 2 heterocycles. The summed E-state index contributed by atoms with van der Waals surface area (Å²) < 4.78 is 25.6. The molecule has 48 heavy (non-hydrogen) atoms. The Labute approximate surface area is 286 Å². The van der Waals surface area contributed by atoms with Gasteiger partial charge in [0.2, 0.25) is 17.6 Å². The van der Waals surface area contributed by atoms with E-state index in [1.54, 1.807) is 4.90 Å². The molecule has 0 aromatic heterocycles. The van der Waals surface area contributed by atoms with Crippen molar-refractivity contribution in [2.24, 2.45) is 28.6 Å². The van der Waals surface area contributed by atoms with E-state index in [4.69, 9.17) is 0 Å². The van der Waals surface area contributed by atoms with Crippen LogP contribution in [0.1, 0.15) is 112 Å². The molecule has 8 atom stereocenters. The van der Waals surface area contributed by atoms with Crippen LogP contribution >= 0.6 is 0 Å². The third-order valence-electron chi connectivity index (χ3n) is 11.8. The van der Waals surface area contributed by atoms with Crippen molar-refractivity contribution in [2.45, 2.75) is 148 Å². The third-order valence-corrected chi connectivity index (χ3v) is 14.1. The van der Waals surface area contributed by atoms with Crippen molar-refractivity contribution in [1.82, 2.24) is 26.2 Å². The van der Waals surface area contributed by atoms with Gasteiger partial charge >= 0.3 is 6.03 Å². The molecule has 3 aliphatic carbocycles. The molecule has 0 aromatic carbocycles. The lowest BCUT2D eigenvalue weighted by Crippen LogP contribution is -2.62. The highest BCUT2D eigenvalue weighted by Gasteiger charge is 2.70. The number of hydrogen-bond acceptors (Lipinski definition) is 7. The molecule has 2 aliphatic heterocycles. The summed E-state index contributed by atoms with van der Waals surface area (Å²) in [5.74, 6) is -2.16. The number of fused-ring (bicyclic) bond motifs is 1. The minimum absolute atomic E-state index is 0.0127. The molecule has 0 bridgehead atoms. The van der Waals surface area contributed by atoms with Gasteiger partial charge in [-0.2, -0.15) is 0 Å². The van der Waals surface area contributed by atoms with Crippen LogP contribution in [0.15, 0.2) is 0 Å². The smallest absolute Gasteiger partial charge is 0.315 e. The van der Waals surface area contributed by atoms with E-state index in [0.717, 1.165) is 38.5 Å². The summed E-state index contributed by atoms with van der Waals surface area (Å²) in [7, 11) is -3.19. The van der Waals surface area contributed by atoms with Gasteiger partial charge in [0.05, 0.1) is 17.0 Å². The summed E-state index contributed by atoms with van der Waals surface area (Å²) in [6, 6.07) is -3.60. The third kappa shape index (κ3) is 7.70. The lowest BCUT2D eigenvalue weighted by Gasteiger charge is -2.39. The van der Waals surface area contributed by atoms with E-state index >= 15 is 0 Å². The van der Waals surface area contributed by atoms with Crippen LogP contribution in [0.25, 0.3) is 0 Å². The standard InChI is InChI=1S/C35H57N5O7S/c1-7-8-13-24(28(41)31(43)36-20-16-17-20)37-30(42)27-26-22(35(26,5)6)19-40(27)32(44)29(34(2,3)4)39-33(45)38-23-14-10-9-12-21(23)25-15-11-18-48(25,46)47/h20-27,29H,7-19H2,1-6H3,(H,36,43)(H,37,42)(H2,38,39,45)/t21?,22-,23?,24-,25+,26-,27-,29+/m0/s1. The fourth-order valence-corrected chi connectivity index (χ4v) is 10.9. The van der Waals surface area contributed by atoms with Crippen LogP contribution in [-0.4, -0.2) is 90.6 Å². The minimum Gasteiger partial charge on any atom is -0.347 e. The van der Waals surface area contributed by atoms with Gasteiger partial charge in [0.25, 0.3) is 5.91 Å². The van der Waals surface area contributed by atoms with Gasteiger partial charge < -0.3 is 26.2 Å². The molecular weight excluding hydrogens is 634 g/mol. The van der Waals surface area contributed by atoms with E-state index in [2.05, 4.69) is 35.1 Å². The Bertz CT molecular complexity index is 1390. The number of unbranched alkanes of at least 4 members (excludes halogenated alkanes) is 1. The molecular formula is C35H57N5O7S. The molecule has 270 valence electrons. The van der Waals surface area contributed by atoms with Crippen LogP contribution in [0, 0.1) is 28.6 Å². The number of urea groups is 1. The van der Waals surface area contributed by atoms with Crippen molar-refractivity contribution in [2.75, 3.05) is 12.3 Å². The molecule has 5 amide bonds. The number of Topliss-reactive ketones (excluding diaryl/α,β-unsaturated/α-hetero) is 1. The van der Waals surface area contributed by atoms with E-state index in [9.17, 15) is 32.4 Å². The van der Waals surface area contributed by atoms with Gasteiger partial charge in [-0.1, -0.05) is 67.2 Å². The second-order valence-electron chi connectivity index (χ2n) is 16.7. The summed E-state index contributed by atoms with van der Waals surface area (Å²) in [6.07, 6.45) is 7.94. The Morgan fingerprint density at radius 3 is 2.21 bits per heavy atom. The Morgan fingerprint density at radius 1 is 0.917 bits per heavy atom. The zero-order chi connectivity index (χ0) is 35.2. The Balaban J connectivity index is 1.30. The summed E-state index contributed by atoms with van der Waals surface area (Å²) in [5.41, 5.74) is -0.886. The first-order chi connectivity index (χ1) is 22.5. The SMILES string of the molecule is CCCC[C@H](NC(=O)[C@@H]1[C@@H]2[C@H](CN1C(=O)[C@@H](NC(=O)NC1CCCCC1[C@H]1CCCS1(=O)=O)C(C)(C)C)C2(C)C)C(=O)C(=O)NC1CC1. The predicted molar refractivity (Wildman–Crippen MR) is 181 cm³/mol. The van der Waals surface area contributed by atoms with Gasteiger partial charge in [-0.15, -0.1) is 0 Å². The number of likely N-dealkylation sites (tertiary alicyclic amines) is 1. The summed E-state index contributed by atoms with van der Waals surface area (Å²) in [4.78, 5) is 69.4.